The summed E-state index contributed by atoms with van der Waals surface area (Å²) < 4.78 is 19.0. The van der Waals surface area contributed by atoms with Crippen molar-refractivity contribution in [2.75, 3.05) is 6.61 Å². The van der Waals surface area contributed by atoms with Crippen LogP contribution in [-0.4, -0.2) is 23.4 Å². The Balaban J connectivity index is 1.62. The largest absolute Gasteiger partial charge is 0.490 e. The molecule has 36 heavy (non-hydrogen) atoms. The molecule has 0 atom stereocenters. The number of esters is 1. The lowest BCUT2D eigenvalue weighted by Gasteiger charge is -2.15. The summed E-state index contributed by atoms with van der Waals surface area (Å²) in [6.07, 6.45) is 1.58. The van der Waals surface area contributed by atoms with Gasteiger partial charge in [-0.05, 0) is 84.0 Å². The summed E-state index contributed by atoms with van der Waals surface area (Å²) in [5, 5.41) is 11.3. The van der Waals surface area contributed by atoms with Crippen molar-refractivity contribution in [2.45, 2.75) is 20.5 Å². The first-order valence-corrected chi connectivity index (χ1v) is 12.7. The summed E-state index contributed by atoms with van der Waals surface area (Å²) in [5.41, 5.74) is 2.55. The Morgan fingerprint density at radius 1 is 1.14 bits per heavy atom. The van der Waals surface area contributed by atoms with E-state index in [-0.39, 0.29) is 17.3 Å². The second-order valence-electron chi connectivity index (χ2n) is 7.77. The van der Waals surface area contributed by atoms with Crippen LogP contribution in [0.3, 0.4) is 0 Å². The van der Waals surface area contributed by atoms with Gasteiger partial charge in [0.05, 0.1) is 15.1 Å². The first-order chi connectivity index (χ1) is 17.2. The van der Waals surface area contributed by atoms with E-state index in [0.717, 1.165) is 13.6 Å². The van der Waals surface area contributed by atoms with Gasteiger partial charge in [0, 0.05) is 21.7 Å². The Hall–Kier alpha value is -3.25. The average Bonchev–Trinajstić information content (AvgIpc) is 3.20. The van der Waals surface area contributed by atoms with Crippen molar-refractivity contribution < 1.29 is 23.9 Å². The number of carbonyl (C=O) groups is 1. The molecule has 3 aromatic carbocycles. The van der Waals surface area contributed by atoms with Crippen LogP contribution in [0.1, 0.15) is 29.2 Å². The minimum atomic E-state index is -0.642. The third-order valence-corrected chi connectivity index (χ3v) is 6.53. The number of aryl methyl sites for hydroxylation is 1. The molecule has 0 radical (unpaired) electrons. The smallest absolute Gasteiger partial charge is 0.363 e. The molecule has 3 aromatic rings. The SMILES string of the molecule is CCOc1cc(C=C2N=C(c3ccc(C)c([N+](=O)[O-])c3)OC2=O)cc(I)c1OCc1ccc(Br)cc1. The number of carbonyl (C=O) groups excluding carboxylic acids is 1. The van der Waals surface area contributed by atoms with E-state index in [9.17, 15) is 14.9 Å². The molecular weight excluding hydrogens is 643 g/mol. The zero-order chi connectivity index (χ0) is 25.8. The molecule has 0 bridgehead atoms. The van der Waals surface area contributed by atoms with E-state index >= 15 is 0 Å². The highest BCUT2D eigenvalue weighted by atomic mass is 127. The Morgan fingerprint density at radius 2 is 1.89 bits per heavy atom. The van der Waals surface area contributed by atoms with Gasteiger partial charge in [0.2, 0.25) is 5.90 Å². The van der Waals surface area contributed by atoms with Crippen LogP contribution in [-0.2, 0) is 16.1 Å². The summed E-state index contributed by atoms with van der Waals surface area (Å²) in [6.45, 7) is 4.31. The highest BCUT2D eigenvalue weighted by Crippen LogP contribution is 2.36. The molecule has 0 aromatic heterocycles. The van der Waals surface area contributed by atoms with E-state index < -0.39 is 10.9 Å². The molecule has 10 heteroatoms. The average molecular weight is 663 g/mol. The van der Waals surface area contributed by atoms with Crippen molar-refractivity contribution in [1.82, 2.24) is 0 Å². The predicted octanol–water partition coefficient (Wildman–Crippen LogP) is 6.59. The molecule has 0 unspecified atom stereocenters. The number of hydrogen-bond donors (Lipinski definition) is 0. The maximum atomic E-state index is 12.5. The van der Waals surface area contributed by atoms with Gasteiger partial charge in [0.15, 0.2) is 17.2 Å². The number of rotatable bonds is 8. The topological polar surface area (TPSA) is 100 Å². The monoisotopic (exact) mass is 662 g/mol. The van der Waals surface area contributed by atoms with Crippen LogP contribution in [0, 0.1) is 20.6 Å². The molecule has 0 aliphatic carbocycles. The molecule has 0 saturated heterocycles. The van der Waals surface area contributed by atoms with Crippen LogP contribution in [0.25, 0.3) is 6.08 Å². The molecule has 8 nitrogen and oxygen atoms in total. The molecule has 0 N–H and O–H groups in total. The first kappa shape index (κ1) is 25.8. The van der Waals surface area contributed by atoms with Crippen molar-refractivity contribution in [2.24, 2.45) is 4.99 Å². The van der Waals surface area contributed by atoms with Crippen LogP contribution >= 0.6 is 38.5 Å². The minimum Gasteiger partial charge on any atom is -0.490 e. The normalized spacial score (nSPS) is 13.9. The van der Waals surface area contributed by atoms with Gasteiger partial charge in [0.25, 0.3) is 5.69 Å². The van der Waals surface area contributed by atoms with Crippen molar-refractivity contribution in [3.05, 3.63) is 101 Å². The first-order valence-electron chi connectivity index (χ1n) is 10.9. The van der Waals surface area contributed by atoms with E-state index in [1.165, 1.54) is 6.07 Å². The van der Waals surface area contributed by atoms with E-state index in [1.807, 2.05) is 37.3 Å². The number of cyclic esters (lactones) is 1. The summed E-state index contributed by atoms with van der Waals surface area (Å²) in [4.78, 5) is 27.6. The van der Waals surface area contributed by atoms with Gasteiger partial charge in [-0.1, -0.05) is 34.1 Å². The number of hydrogen-bond acceptors (Lipinski definition) is 7. The van der Waals surface area contributed by atoms with E-state index in [1.54, 1.807) is 31.2 Å². The lowest BCUT2D eigenvalue weighted by Crippen LogP contribution is -2.06. The molecule has 0 saturated carbocycles. The minimum absolute atomic E-state index is 0.0172. The number of benzene rings is 3. The van der Waals surface area contributed by atoms with Gasteiger partial charge in [0.1, 0.15) is 6.61 Å². The standard InChI is InChI=1S/C26H20BrIN2O6/c1-3-34-23-12-17(10-20(28)24(23)35-14-16-5-8-19(27)9-6-16)11-21-26(31)36-25(29-21)18-7-4-15(2)22(13-18)30(32)33/h4-13H,3,14H2,1-2H3. The molecule has 4 rings (SSSR count). The Morgan fingerprint density at radius 3 is 2.58 bits per heavy atom. The fourth-order valence-corrected chi connectivity index (χ4v) is 4.49. The lowest BCUT2D eigenvalue weighted by atomic mass is 10.1. The number of aliphatic imine (C=N–C) groups is 1. The predicted molar refractivity (Wildman–Crippen MR) is 147 cm³/mol. The van der Waals surface area contributed by atoms with Gasteiger partial charge >= 0.3 is 5.97 Å². The van der Waals surface area contributed by atoms with Gasteiger partial charge in [-0.15, -0.1) is 0 Å². The van der Waals surface area contributed by atoms with Crippen LogP contribution < -0.4 is 9.47 Å². The van der Waals surface area contributed by atoms with Crippen LogP contribution in [0.5, 0.6) is 11.5 Å². The molecule has 1 aliphatic rings. The maximum absolute atomic E-state index is 12.5. The number of nitro groups is 1. The number of nitrogens with zero attached hydrogens (tertiary/aromatic N) is 2. The second kappa shape index (κ2) is 11.2. The highest BCUT2D eigenvalue weighted by Gasteiger charge is 2.26. The highest BCUT2D eigenvalue weighted by molar-refractivity contribution is 14.1. The lowest BCUT2D eigenvalue weighted by molar-refractivity contribution is -0.385. The summed E-state index contributed by atoms with van der Waals surface area (Å²) in [6, 6.07) is 16.0. The van der Waals surface area contributed by atoms with Crippen molar-refractivity contribution in [3.63, 3.8) is 0 Å². The fourth-order valence-electron chi connectivity index (χ4n) is 3.44. The van der Waals surface area contributed by atoms with Gasteiger partial charge in [-0.25, -0.2) is 9.79 Å². The Bertz CT molecular complexity index is 1400. The summed E-state index contributed by atoms with van der Waals surface area (Å²) in [5.74, 6) is 0.519. The molecule has 0 fully saturated rings. The zero-order valence-corrected chi connectivity index (χ0v) is 23.0. The van der Waals surface area contributed by atoms with E-state index in [0.29, 0.717) is 41.4 Å². The quantitative estimate of drug-likeness (QED) is 0.0887. The summed E-state index contributed by atoms with van der Waals surface area (Å²) in [7, 11) is 0. The third-order valence-electron chi connectivity index (χ3n) is 5.20. The van der Waals surface area contributed by atoms with Crippen molar-refractivity contribution >= 4 is 62.2 Å². The Kier molecular flexibility index (Phi) is 8.04. The van der Waals surface area contributed by atoms with Crippen LogP contribution in [0.15, 0.2) is 69.8 Å². The van der Waals surface area contributed by atoms with Crippen LogP contribution in [0.2, 0.25) is 0 Å². The summed E-state index contributed by atoms with van der Waals surface area (Å²) >= 11 is 5.58. The number of nitro benzene ring substituents is 1. The molecular formula is C26H20BrIN2O6. The number of ether oxygens (including phenoxy) is 3. The van der Waals surface area contributed by atoms with Crippen molar-refractivity contribution in [1.29, 1.82) is 0 Å². The second-order valence-corrected chi connectivity index (χ2v) is 9.85. The zero-order valence-electron chi connectivity index (χ0n) is 19.3. The molecule has 1 aliphatic heterocycles. The van der Waals surface area contributed by atoms with Crippen molar-refractivity contribution in [3.8, 4) is 11.5 Å². The molecule has 184 valence electrons. The molecule has 0 amide bonds. The van der Waals surface area contributed by atoms with Gasteiger partial charge in [-0.3, -0.25) is 10.1 Å². The van der Waals surface area contributed by atoms with Crippen LogP contribution in [0.4, 0.5) is 5.69 Å². The Labute approximate surface area is 229 Å². The molecule has 1 heterocycles. The maximum Gasteiger partial charge on any atom is 0.363 e. The number of halogens is 2. The van der Waals surface area contributed by atoms with E-state index in [4.69, 9.17) is 14.2 Å². The third kappa shape index (κ3) is 5.93. The van der Waals surface area contributed by atoms with Gasteiger partial charge < -0.3 is 14.2 Å². The fraction of sp³-hybridized carbons (Fsp3) is 0.154. The van der Waals surface area contributed by atoms with E-state index in [2.05, 4.69) is 43.5 Å². The molecule has 0 spiro atoms. The van der Waals surface area contributed by atoms with Gasteiger partial charge in [-0.2, -0.15) is 0 Å².